The number of rotatable bonds is 5. The van der Waals surface area contributed by atoms with Gasteiger partial charge in [0.15, 0.2) is 0 Å². The second-order valence-corrected chi connectivity index (χ2v) is 5.51. The van der Waals surface area contributed by atoms with E-state index in [1.54, 1.807) is 7.11 Å². The van der Waals surface area contributed by atoms with Crippen LogP contribution in [0.4, 0.5) is 0 Å². The van der Waals surface area contributed by atoms with Gasteiger partial charge in [-0.25, -0.2) is 0 Å². The third kappa shape index (κ3) is 3.64. The molecule has 0 saturated heterocycles. The standard InChI is InChI=1S/C15H21ClO/c1-17-14-8-4-5-12(11-14)9-10-15(16)13-6-2-3-7-13/h4-5,8,11,13,15H,2-3,6-7,9-10H2,1H3. The van der Waals surface area contributed by atoms with Gasteiger partial charge in [0.2, 0.25) is 0 Å². The molecule has 1 aliphatic carbocycles. The first-order chi connectivity index (χ1) is 8.29. The van der Waals surface area contributed by atoms with Gasteiger partial charge in [-0.1, -0.05) is 25.0 Å². The lowest BCUT2D eigenvalue weighted by Gasteiger charge is -2.16. The van der Waals surface area contributed by atoms with Gasteiger partial charge in [0, 0.05) is 5.38 Å². The van der Waals surface area contributed by atoms with Crippen LogP contribution < -0.4 is 4.74 Å². The maximum absolute atomic E-state index is 6.48. The van der Waals surface area contributed by atoms with E-state index in [0.29, 0.717) is 5.38 Å². The molecule has 0 bridgehead atoms. The van der Waals surface area contributed by atoms with Crippen molar-refractivity contribution in [2.75, 3.05) is 7.11 Å². The first-order valence-electron chi connectivity index (χ1n) is 6.56. The van der Waals surface area contributed by atoms with E-state index < -0.39 is 0 Å². The summed E-state index contributed by atoms with van der Waals surface area (Å²) in [6.45, 7) is 0. The molecular weight excluding hydrogens is 232 g/mol. The van der Waals surface area contributed by atoms with Crippen molar-refractivity contribution in [3.8, 4) is 5.75 Å². The van der Waals surface area contributed by atoms with Gasteiger partial charge in [0.1, 0.15) is 5.75 Å². The van der Waals surface area contributed by atoms with Crippen molar-refractivity contribution in [1.82, 2.24) is 0 Å². The molecule has 0 aliphatic heterocycles. The molecule has 0 amide bonds. The molecule has 0 heterocycles. The summed E-state index contributed by atoms with van der Waals surface area (Å²) in [5.41, 5.74) is 1.33. The molecule has 1 atom stereocenters. The van der Waals surface area contributed by atoms with Gasteiger partial charge in [0.25, 0.3) is 0 Å². The molecule has 94 valence electrons. The third-order valence-electron chi connectivity index (χ3n) is 3.75. The topological polar surface area (TPSA) is 9.23 Å². The van der Waals surface area contributed by atoms with Gasteiger partial charge in [-0.3, -0.25) is 0 Å². The first-order valence-corrected chi connectivity index (χ1v) is 7.00. The number of hydrogen-bond donors (Lipinski definition) is 0. The Bertz CT molecular complexity index is 345. The van der Waals surface area contributed by atoms with Gasteiger partial charge in [-0.15, -0.1) is 11.6 Å². The number of halogens is 1. The van der Waals surface area contributed by atoms with Crippen LogP contribution in [0.1, 0.15) is 37.7 Å². The van der Waals surface area contributed by atoms with Crippen LogP contribution in [-0.4, -0.2) is 12.5 Å². The Morgan fingerprint density at radius 3 is 2.82 bits per heavy atom. The number of methoxy groups -OCH3 is 1. The molecule has 0 radical (unpaired) electrons. The Balaban J connectivity index is 1.83. The highest BCUT2D eigenvalue weighted by molar-refractivity contribution is 6.20. The molecule has 1 aliphatic rings. The SMILES string of the molecule is COc1cccc(CCC(Cl)C2CCCC2)c1. The van der Waals surface area contributed by atoms with Crippen LogP contribution in [0.3, 0.4) is 0 Å². The van der Waals surface area contributed by atoms with Gasteiger partial charge in [-0.2, -0.15) is 0 Å². The normalized spacial score (nSPS) is 18.2. The molecular formula is C15H21ClO. The Morgan fingerprint density at radius 1 is 1.35 bits per heavy atom. The summed E-state index contributed by atoms with van der Waals surface area (Å²) in [6, 6.07) is 8.30. The van der Waals surface area contributed by atoms with E-state index in [1.165, 1.54) is 31.2 Å². The summed E-state index contributed by atoms with van der Waals surface area (Å²) in [6.07, 6.45) is 7.53. The second kappa shape index (κ2) is 6.30. The molecule has 17 heavy (non-hydrogen) atoms. The van der Waals surface area contributed by atoms with Gasteiger partial charge in [-0.05, 0) is 49.3 Å². The maximum atomic E-state index is 6.48. The molecule has 1 unspecified atom stereocenters. The second-order valence-electron chi connectivity index (χ2n) is 4.95. The lowest BCUT2D eigenvalue weighted by molar-refractivity contribution is 0.414. The highest BCUT2D eigenvalue weighted by atomic mass is 35.5. The average molecular weight is 253 g/mol. The third-order valence-corrected chi connectivity index (χ3v) is 4.33. The number of benzene rings is 1. The Labute approximate surface area is 109 Å². The average Bonchev–Trinajstić information content (AvgIpc) is 2.90. The smallest absolute Gasteiger partial charge is 0.119 e. The molecule has 2 rings (SSSR count). The van der Waals surface area contributed by atoms with E-state index >= 15 is 0 Å². The molecule has 0 spiro atoms. The van der Waals surface area contributed by atoms with Crippen molar-refractivity contribution in [3.05, 3.63) is 29.8 Å². The van der Waals surface area contributed by atoms with Gasteiger partial charge < -0.3 is 4.74 Å². The molecule has 1 nitrogen and oxygen atoms in total. The minimum absolute atomic E-state index is 0.351. The van der Waals surface area contributed by atoms with Crippen LogP contribution >= 0.6 is 11.6 Å². The van der Waals surface area contributed by atoms with Crippen molar-refractivity contribution in [2.24, 2.45) is 5.92 Å². The van der Waals surface area contributed by atoms with Crippen molar-refractivity contribution in [2.45, 2.75) is 43.9 Å². The van der Waals surface area contributed by atoms with Gasteiger partial charge in [0.05, 0.1) is 7.11 Å². The highest BCUT2D eigenvalue weighted by Gasteiger charge is 2.22. The number of ether oxygens (including phenoxy) is 1. The molecule has 1 aromatic carbocycles. The fourth-order valence-electron chi connectivity index (χ4n) is 2.69. The van der Waals surface area contributed by atoms with Crippen LogP contribution in [0.25, 0.3) is 0 Å². The molecule has 0 N–H and O–H groups in total. The van der Waals surface area contributed by atoms with E-state index in [0.717, 1.165) is 24.5 Å². The lowest BCUT2D eigenvalue weighted by atomic mass is 9.97. The summed E-state index contributed by atoms with van der Waals surface area (Å²) < 4.78 is 5.23. The minimum Gasteiger partial charge on any atom is -0.497 e. The number of alkyl halides is 1. The van der Waals surface area contributed by atoms with E-state index in [-0.39, 0.29) is 0 Å². The molecule has 1 fully saturated rings. The van der Waals surface area contributed by atoms with Crippen LogP contribution in [-0.2, 0) is 6.42 Å². The zero-order chi connectivity index (χ0) is 12.1. The quantitative estimate of drug-likeness (QED) is 0.705. The van der Waals surface area contributed by atoms with E-state index in [1.807, 2.05) is 12.1 Å². The van der Waals surface area contributed by atoms with E-state index in [4.69, 9.17) is 16.3 Å². The fraction of sp³-hybridized carbons (Fsp3) is 0.600. The maximum Gasteiger partial charge on any atom is 0.119 e. The summed E-state index contributed by atoms with van der Waals surface area (Å²) in [5, 5.41) is 0.351. The Kier molecular flexibility index (Phi) is 4.73. The van der Waals surface area contributed by atoms with Crippen molar-refractivity contribution >= 4 is 11.6 Å². The highest BCUT2D eigenvalue weighted by Crippen LogP contribution is 2.32. The molecule has 0 aromatic heterocycles. The summed E-state index contributed by atoms with van der Waals surface area (Å²) in [7, 11) is 1.71. The van der Waals surface area contributed by atoms with Gasteiger partial charge >= 0.3 is 0 Å². The van der Waals surface area contributed by atoms with Crippen molar-refractivity contribution in [1.29, 1.82) is 0 Å². The summed E-state index contributed by atoms with van der Waals surface area (Å²) >= 11 is 6.48. The zero-order valence-electron chi connectivity index (χ0n) is 10.5. The lowest BCUT2D eigenvalue weighted by Crippen LogP contribution is -2.12. The zero-order valence-corrected chi connectivity index (χ0v) is 11.2. The summed E-state index contributed by atoms with van der Waals surface area (Å²) in [5.74, 6) is 1.69. The van der Waals surface area contributed by atoms with Crippen LogP contribution in [0.15, 0.2) is 24.3 Å². The first kappa shape index (κ1) is 12.8. The molecule has 1 aromatic rings. The molecule has 2 heteroatoms. The molecule has 1 saturated carbocycles. The monoisotopic (exact) mass is 252 g/mol. The summed E-state index contributed by atoms with van der Waals surface area (Å²) in [4.78, 5) is 0. The largest absolute Gasteiger partial charge is 0.497 e. The predicted molar refractivity (Wildman–Crippen MR) is 72.9 cm³/mol. The van der Waals surface area contributed by atoms with Crippen LogP contribution in [0, 0.1) is 5.92 Å². The Hall–Kier alpha value is -0.690. The number of aryl methyl sites for hydroxylation is 1. The van der Waals surface area contributed by atoms with E-state index in [9.17, 15) is 0 Å². The van der Waals surface area contributed by atoms with Crippen LogP contribution in [0.2, 0.25) is 0 Å². The number of hydrogen-bond acceptors (Lipinski definition) is 1. The van der Waals surface area contributed by atoms with E-state index in [2.05, 4.69) is 12.1 Å². The van der Waals surface area contributed by atoms with Crippen LogP contribution in [0.5, 0.6) is 5.75 Å². The Morgan fingerprint density at radius 2 is 2.12 bits per heavy atom. The predicted octanol–water partition coefficient (Wildman–Crippen LogP) is 4.43. The minimum atomic E-state index is 0.351. The fourth-order valence-corrected chi connectivity index (χ4v) is 3.05. The van der Waals surface area contributed by atoms with Crippen molar-refractivity contribution in [3.63, 3.8) is 0 Å². The van der Waals surface area contributed by atoms with Crippen molar-refractivity contribution < 1.29 is 4.74 Å².